The molecular weight excluding hydrogens is 1010 g/mol. The Bertz CT molecular complexity index is 2890. The topological polar surface area (TPSA) is 116 Å². The van der Waals surface area contributed by atoms with Crippen LogP contribution in [0.2, 0.25) is 0 Å². The number of nitrogens with one attached hydrogen (secondary N) is 2. The zero-order chi connectivity index (χ0) is 51.3. The number of piperidine rings is 1. The average molecular weight is 1070 g/mol. The number of nitrogens with zero attached hydrogens (tertiary/aromatic N) is 4. The van der Waals surface area contributed by atoms with Crippen molar-refractivity contribution in [2.75, 3.05) is 77.7 Å². The van der Waals surface area contributed by atoms with E-state index >= 15 is 4.39 Å². The van der Waals surface area contributed by atoms with Gasteiger partial charge in [0.15, 0.2) is 4.90 Å². The molecular formula is C53H59F5N6O4S4. The molecule has 0 bridgehead atoms. The molecule has 1 unspecified atom stereocenters. The summed E-state index contributed by atoms with van der Waals surface area (Å²) in [5.41, 5.74) is 0.120. The molecule has 2 fully saturated rings. The standard InChI is InChI=1S/C53H59F5N6O4S4/c1-35(2)64-36(3)52(71(4)66)50(51(64)37-10-12-39(54)13-11-37)38-30-40(55)32-44(31-38)63-28-26-62(27-29-63)43-16-14-41(15-17-43)60-70-47-18-19-48(49(33-47)72(67,68)53(56,57)58)59-42(34-69-46-8-6-5-7-9-46)20-23-61-24-21-45(65)22-25-61/h5-19,30-33,35,42,45,59-60,65H,20-29,34H2,1-4H3/t42-,71?/m1/s1. The van der Waals surface area contributed by atoms with Gasteiger partial charge in [-0.25, -0.2) is 17.2 Å². The molecule has 2 saturated heterocycles. The zero-order valence-corrected chi connectivity index (χ0v) is 43.7. The van der Waals surface area contributed by atoms with Crippen LogP contribution >= 0.6 is 23.7 Å². The Morgan fingerprint density at radius 3 is 2.07 bits per heavy atom. The van der Waals surface area contributed by atoms with Crippen LogP contribution in [0.3, 0.4) is 0 Å². The number of benzene rings is 5. The zero-order valence-electron chi connectivity index (χ0n) is 40.5. The molecule has 0 radical (unpaired) electrons. The van der Waals surface area contributed by atoms with Gasteiger partial charge in [0, 0.05) is 90.5 Å². The van der Waals surface area contributed by atoms with Crippen molar-refractivity contribution in [3.8, 4) is 22.4 Å². The van der Waals surface area contributed by atoms with E-state index in [1.165, 1.54) is 42.1 Å². The SMILES string of the molecule is Cc1c([S+](C)[O-])c(-c2cc(F)cc(N3CCN(c4ccc(NSc5ccc(N[C@H](CCN6CCC(O)CC6)CSc6ccccc6)c(S(=O)(=O)C(F)(F)F)c5)cc4)CC3)c2)c(-c2ccc(F)cc2)n1C(C)C. The number of sulfone groups is 1. The molecule has 0 amide bonds. The van der Waals surface area contributed by atoms with Gasteiger partial charge in [0.1, 0.15) is 22.8 Å². The Balaban J connectivity index is 0.944. The minimum absolute atomic E-state index is 0.0284. The lowest BCUT2D eigenvalue weighted by Crippen LogP contribution is -2.46. The van der Waals surface area contributed by atoms with Crippen molar-refractivity contribution >= 4 is 67.5 Å². The van der Waals surface area contributed by atoms with Crippen LogP contribution in [0.5, 0.6) is 0 Å². The van der Waals surface area contributed by atoms with Crippen molar-refractivity contribution in [2.45, 2.75) is 83.3 Å². The van der Waals surface area contributed by atoms with Crippen LogP contribution in [-0.4, -0.2) is 103 Å². The van der Waals surface area contributed by atoms with Gasteiger partial charge in [-0.15, -0.1) is 11.8 Å². The van der Waals surface area contributed by atoms with E-state index in [-0.39, 0.29) is 34.6 Å². The highest BCUT2D eigenvalue weighted by Gasteiger charge is 2.48. The molecule has 2 aliphatic rings. The molecule has 2 atom stereocenters. The van der Waals surface area contributed by atoms with Crippen molar-refractivity contribution in [1.82, 2.24) is 9.47 Å². The number of alkyl halides is 3. The fourth-order valence-electron chi connectivity index (χ4n) is 9.47. The van der Waals surface area contributed by atoms with Gasteiger partial charge in [0.2, 0.25) is 0 Å². The fourth-order valence-corrected chi connectivity index (χ4v) is 13.2. The van der Waals surface area contributed by atoms with Crippen molar-refractivity contribution in [1.29, 1.82) is 0 Å². The van der Waals surface area contributed by atoms with E-state index < -0.39 is 37.2 Å². The summed E-state index contributed by atoms with van der Waals surface area (Å²) >= 11 is 1.11. The summed E-state index contributed by atoms with van der Waals surface area (Å²) in [6.45, 7) is 10.4. The van der Waals surface area contributed by atoms with E-state index in [0.717, 1.165) is 45.5 Å². The first-order chi connectivity index (χ1) is 34.4. The lowest BCUT2D eigenvalue weighted by atomic mass is 9.99. The second-order valence-electron chi connectivity index (χ2n) is 18.4. The number of likely N-dealkylation sites (tertiary alicyclic amines) is 1. The molecule has 5 aromatic carbocycles. The number of hydrogen-bond donors (Lipinski definition) is 3. The van der Waals surface area contributed by atoms with Crippen LogP contribution in [0.4, 0.5) is 44.7 Å². The van der Waals surface area contributed by atoms with E-state index in [0.29, 0.717) is 98.2 Å². The van der Waals surface area contributed by atoms with Crippen LogP contribution in [0.25, 0.3) is 22.4 Å². The number of rotatable bonds is 18. The van der Waals surface area contributed by atoms with Gasteiger partial charge in [0.25, 0.3) is 9.84 Å². The van der Waals surface area contributed by atoms with Crippen molar-refractivity contribution in [3.63, 3.8) is 0 Å². The first-order valence-corrected chi connectivity index (χ1v) is 28.7. The first-order valence-electron chi connectivity index (χ1n) is 23.8. The number of halogens is 5. The van der Waals surface area contributed by atoms with E-state index in [4.69, 9.17) is 0 Å². The number of aliphatic hydroxyl groups is 1. The number of thioether (sulfide) groups is 1. The van der Waals surface area contributed by atoms with Gasteiger partial charge in [0.05, 0.1) is 28.7 Å². The maximum absolute atomic E-state index is 15.7. The maximum atomic E-state index is 15.7. The van der Waals surface area contributed by atoms with E-state index in [9.17, 15) is 35.6 Å². The van der Waals surface area contributed by atoms with Crippen LogP contribution < -0.4 is 19.8 Å². The molecule has 3 heterocycles. The summed E-state index contributed by atoms with van der Waals surface area (Å²) < 4.78 is 117. The smallest absolute Gasteiger partial charge is 0.501 e. The summed E-state index contributed by atoms with van der Waals surface area (Å²) in [6, 6.07) is 31.8. The molecule has 72 heavy (non-hydrogen) atoms. The highest BCUT2D eigenvalue weighted by molar-refractivity contribution is 8.00. The third kappa shape index (κ3) is 12.5. The summed E-state index contributed by atoms with van der Waals surface area (Å²) in [5.74, 6) is -0.339. The molecule has 1 aromatic heterocycles. The van der Waals surface area contributed by atoms with Crippen LogP contribution in [0, 0.1) is 18.6 Å². The predicted octanol–water partition coefficient (Wildman–Crippen LogP) is 11.9. The number of anilines is 4. The van der Waals surface area contributed by atoms with Gasteiger partial charge in [-0.1, -0.05) is 18.2 Å². The Labute approximate surface area is 430 Å². The minimum Gasteiger partial charge on any atom is -0.612 e. The minimum atomic E-state index is -5.74. The predicted molar refractivity (Wildman–Crippen MR) is 284 cm³/mol. The third-order valence-corrected chi connectivity index (χ3v) is 17.7. The summed E-state index contributed by atoms with van der Waals surface area (Å²) in [5, 5.41) is 13.2. The third-order valence-electron chi connectivity index (χ3n) is 13.1. The summed E-state index contributed by atoms with van der Waals surface area (Å²) in [4.78, 5) is 7.53. The normalized spacial score (nSPS) is 16.1. The number of aromatic nitrogens is 1. The Kier molecular flexibility index (Phi) is 17.1. The first kappa shape index (κ1) is 53.4. The monoisotopic (exact) mass is 1070 g/mol. The molecule has 384 valence electrons. The highest BCUT2D eigenvalue weighted by atomic mass is 32.2. The average Bonchev–Trinajstić information content (AvgIpc) is 3.68. The molecule has 6 aromatic rings. The summed E-state index contributed by atoms with van der Waals surface area (Å²) in [7, 11) is -5.74. The van der Waals surface area contributed by atoms with Crippen LogP contribution in [-0.2, 0) is 21.0 Å². The van der Waals surface area contributed by atoms with E-state index in [1.807, 2.05) is 81.4 Å². The number of piperazine rings is 1. The molecule has 8 rings (SSSR count). The molecule has 2 aliphatic heterocycles. The fraction of sp³-hybridized carbons (Fsp3) is 0.358. The number of aliphatic hydroxyl groups excluding tert-OH is 1. The lowest BCUT2D eigenvalue weighted by Gasteiger charge is -2.37. The Hall–Kier alpha value is -4.89. The van der Waals surface area contributed by atoms with Gasteiger partial charge in [-0.3, -0.25) is 0 Å². The number of hydrogen-bond acceptors (Lipinski definition) is 11. The van der Waals surface area contributed by atoms with Crippen LogP contribution in [0.15, 0.2) is 135 Å². The molecule has 10 nitrogen and oxygen atoms in total. The Morgan fingerprint density at radius 1 is 0.792 bits per heavy atom. The molecule has 3 N–H and O–H groups in total. The maximum Gasteiger partial charge on any atom is 0.501 e. The highest BCUT2D eigenvalue weighted by Crippen LogP contribution is 2.45. The van der Waals surface area contributed by atoms with E-state index in [2.05, 4.69) is 29.3 Å². The lowest BCUT2D eigenvalue weighted by molar-refractivity contribution is -0.0435. The van der Waals surface area contributed by atoms with Crippen LogP contribution in [0.1, 0.15) is 44.8 Å². The van der Waals surface area contributed by atoms with Gasteiger partial charge in [-0.2, -0.15) is 13.2 Å². The van der Waals surface area contributed by atoms with Gasteiger partial charge in [-0.05, 0) is 171 Å². The second kappa shape index (κ2) is 23.1. The van der Waals surface area contributed by atoms with Crippen molar-refractivity contribution < 1.29 is 40.0 Å². The summed E-state index contributed by atoms with van der Waals surface area (Å²) in [6.07, 6.45) is 3.10. The Morgan fingerprint density at radius 2 is 1.44 bits per heavy atom. The van der Waals surface area contributed by atoms with Gasteiger partial charge >= 0.3 is 5.51 Å². The van der Waals surface area contributed by atoms with Crippen molar-refractivity contribution in [2.24, 2.45) is 0 Å². The van der Waals surface area contributed by atoms with Gasteiger partial charge < -0.3 is 39.0 Å². The van der Waals surface area contributed by atoms with Crippen molar-refractivity contribution in [3.05, 3.63) is 133 Å². The molecule has 0 saturated carbocycles. The van der Waals surface area contributed by atoms with E-state index in [1.54, 1.807) is 24.5 Å². The second-order valence-corrected chi connectivity index (χ2v) is 23.6. The molecule has 0 aliphatic carbocycles. The molecule has 19 heteroatoms. The quantitative estimate of drug-likeness (QED) is 0.0331. The largest absolute Gasteiger partial charge is 0.612 e. The molecule has 0 spiro atoms.